The fourth-order valence-corrected chi connectivity index (χ4v) is 3.16. The maximum absolute atomic E-state index is 12.1. The number of carbonyl (C=O) groups is 1. The third-order valence-electron chi connectivity index (χ3n) is 2.88. The standard InChI is InChI=1S/C15H13NO2S/c1-2-18-15(17)14-13(11-7-4-3-5-8-11)16-10-6-9-12(16)19-14/h3-10H,2H2,1H3. The number of hydrogen-bond acceptors (Lipinski definition) is 3. The van der Waals surface area contributed by atoms with E-state index in [-0.39, 0.29) is 5.97 Å². The second kappa shape index (κ2) is 4.90. The third kappa shape index (κ3) is 2.04. The second-order valence-electron chi connectivity index (χ2n) is 4.08. The van der Waals surface area contributed by atoms with Gasteiger partial charge in [0.15, 0.2) is 0 Å². The Morgan fingerprint density at radius 3 is 2.74 bits per heavy atom. The lowest BCUT2D eigenvalue weighted by Gasteiger charge is -2.04. The molecular formula is C15H13NO2S. The highest BCUT2D eigenvalue weighted by molar-refractivity contribution is 7.19. The van der Waals surface area contributed by atoms with E-state index in [0.717, 1.165) is 16.1 Å². The predicted octanol–water partition coefficient (Wildman–Crippen LogP) is 3.84. The van der Waals surface area contributed by atoms with E-state index in [1.807, 2.05) is 60.0 Å². The molecule has 1 aromatic carbocycles. The Morgan fingerprint density at radius 1 is 1.21 bits per heavy atom. The molecule has 19 heavy (non-hydrogen) atoms. The molecule has 0 aliphatic carbocycles. The van der Waals surface area contributed by atoms with E-state index >= 15 is 0 Å². The molecule has 0 spiro atoms. The number of nitrogens with zero attached hydrogens (tertiary/aromatic N) is 1. The van der Waals surface area contributed by atoms with Crippen molar-refractivity contribution in [1.82, 2.24) is 4.40 Å². The van der Waals surface area contributed by atoms with Crippen LogP contribution in [0.25, 0.3) is 16.1 Å². The first-order valence-corrected chi connectivity index (χ1v) is 6.95. The highest BCUT2D eigenvalue weighted by atomic mass is 32.1. The summed E-state index contributed by atoms with van der Waals surface area (Å²) in [6.45, 7) is 2.21. The molecule has 96 valence electrons. The van der Waals surface area contributed by atoms with E-state index in [1.54, 1.807) is 0 Å². The molecule has 0 amide bonds. The van der Waals surface area contributed by atoms with Crippen LogP contribution in [0.2, 0.25) is 0 Å². The van der Waals surface area contributed by atoms with Crippen molar-refractivity contribution in [3.63, 3.8) is 0 Å². The number of thiazole rings is 1. The van der Waals surface area contributed by atoms with Gasteiger partial charge in [-0.15, -0.1) is 11.3 Å². The Balaban J connectivity index is 2.22. The summed E-state index contributed by atoms with van der Waals surface area (Å²) in [5.41, 5.74) is 1.93. The van der Waals surface area contributed by atoms with Gasteiger partial charge >= 0.3 is 5.97 Å². The van der Waals surface area contributed by atoms with Gasteiger partial charge < -0.3 is 9.14 Å². The second-order valence-corrected chi connectivity index (χ2v) is 5.11. The van der Waals surface area contributed by atoms with Crippen molar-refractivity contribution < 1.29 is 9.53 Å². The summed E-state index contributed by atoms with van der Waals surface area (Å²) in [5, 5.41) is 0. The molecule has 4 heteroatoms. The third-order valence-corrected chi connectivity index (χ3v) is 3.99. The SMILES string of the molecule is CCOC(=O)c1sc2cccn2c1-c1ccccc1. The van der Waals surface area contributed by atoms with Crippen LogP contribution in [-0.2, 0) is 4.74 Å². The number of ether oxygens (including phenoxy) is 1. The molecule has 2 heterocycles. The molecule has 3 rings (SSSR count). The average molecular weight is 271 g/mol. The molecule has 0 aliphatic heterocycles. The normalized spacial score (nSPS) is 10.8. The summed E-state index contributed by atoms with van der Waals surface area (Å²) in [7, 11) is 0. The van der Waals surface area contributed by atoms with Gasteiger partial charge in [-0.25, -0.2) is 4.79 Å². The van der Waals surface area contributed by atoms with Crippen LogP contribution in [0.15, 0.2) is 48.7 Å². The van der Waals surface area contributed by atoms with Crippen LogP contribution in [0.3, 0.4) is 0 Å². The van der Waals surface area contributed by atoms with Crippen molar-refractivity contribution in [2.45, 2.75) is 6.92 Å². The topological polar surface area (TPSA) is 30.7 Å². The first-order chi connectivity index (χ1) is 9.31. The van der Waals surface area contributed by atoms with Crippen molar-refractivity contribution in [2.75, 3.05) is 6.61 Å². The Labute approximate surface area is 115 Å². The predicted molar refractivity (Wildman–Crippen MR) is 76.7 cm³/mol. The molecule has 0 bridgehead atoms. The first kappa shape index (κ1) is 12.0. The Kier molecular flexibility index (Phi) is 3.09. The number of aromatic nitrogens is 1. The van der Waals surface area contributed by atoms with Crippen molar-refractivity contribution >= 4 is 22.1 Å². The summed E-state index contributed by atoms with van der Waals surface area (Å²) in [6, 6.07) is 13.9. The van der Waals surface area contributed by atoms with E-state index in [0.29, 0.717) is 11.5 Å². The maximum Gasteiger partial charge on any atom is 0.350 e. The molecule has 0 N–H and O–H groups in total. The van der Waals surface area contributed by atoms with E-state index in [4.69, 9.17) is 4.74 Å². The van der Waals surface area contributed by atoms with Crippen molar-refractivity contribution in [3.8, 4) is 11.3 Å². The summed E-state index contributed by atoms with van der Waals surface area (Å²) in [4.78, 5) is 13.8. The van der Waals surface area contributed by atoms with Gasteiger partial charge in [-0.05, 0) is 19.1 Å². The van der Waals surface area contributed by atoms with Gasteiger partial charge in [0, 0.05) is 11.8 Å². The number of carbonyl (C=O) groups excluding carboxylic acids is 1. The van der Waals surface area contributed by atoms with Gasteiger partial charge in [0.05, 0.1) is 12.3 Å². The van der Waals surface area contributed by atoms with Crippen molar-refractivity contribution in [3.05, 3.63) is 53.5 Å². The highest BCUT2D eigenvalue weighted by Gasteiger charge is 2.20. The molecule has 0 saturated carbocycles. The van der Waals surface area contributed by atoms with Crippen molar-refractivity contribution in [1.29, 1.82) is 0 Å². The van der Waals surface area contributed by atoms with Crippen LogP contribution in [-0.4, -0.2) is 17.0 Å². The Bertz CT molecular complexity index is 712. The van der Waals surface area contributed by atoms with Crippen LogP contribution in [0.5, 0.6) is 0 Å². The first-order valence-electron chi connectivity index (χ1n) is 6.13. The monoisotopic (exact) mass is 271 g/mol. The van der Waals surface area contributed by atoms with Crippen LogP contribution in [0.4, 0.5) is 0 Å². The lowest BCUT2D eigenvalue weighted by molar-refractivity contribution is 0.0532. The highest BCUT2D eigenvalue weighted by Crippen LogP contribution is 2.32. The largest absolute Gasteiger partial charge is 0.462 e. The molecule has 2 aromatic heterocycles. The number of hydrogen-bond donors (Lipinski definition) is 0. The lowest BCUT2D eigenvalue weighted by atomic mass is 10.1. The minimum Gasteiger partial charge on any atom is -0.462 e. The minimum absolute atomic E-state index is 0.255. The van der Waals surface area contributed by atoms with Crippen LogP contribution < -0.4 is 0 Å². The summed E-state index contributed by atoms with van der Waals surface area (Å²) in [6.07, 6.45) is 1.97. The van der Waals surface area contributed by atoms with E-state index in [2.05, 4.69) is 0 Å². The van der Waals surface area contributed by atoms with Gasteiger partial charge in [0.1, 0.15) is 9.71 Å². The lowest BCUT2D eigenvalue weighted by Crippen LogP contribution is -2.04. The molecule has 0 radical (unpaired) electrons. The fourth-order valence-electron chi connectivity index (χ4n) is 2.10. The molecule has 0 fully saturated rings. The average Bonchev–Trinajstić information content (AvgIpc) is 2.99. The molecule has 3 nitrogen and oxygen atoms in total. The number of esters is 1. The number of fused-ring (bicyclic) bond motifs is 1. The zero-order chi connectivity index (χ0) is 13.2. The van der Waals surface area contributed by atoms with Gasteiger partial charge in [-0.1, -0.05) is 30.3 Å². The quantitative estimate of drug-likeness (QED) is 0.677. The molecule has 0 atom stereocenters. The number of benzene rings is 1. The zero-order valence-corrected chi connectivity index (χ0v) is 11.3. The summed E-state index contributed by atoms with van der Waals surface area (Å²) < 4.78 is 7.18. The van der Waals surface area contributed by atoms with Gasteiger partial charge in [-0.3, -0.25) is 0 Å². The van der Waals surface area contributed by atoms with Gasteiger partial charge in [-0.2, -0.15) is 0 Å². The Hall–Kier alpha value is -2.07. The smallest absolute Gasteiger partial charge is 0.350 e. The summed E-state index contributed by atoms with van der Waals surface area (Å²) >= 11 is 1.46. The van der Waals surface area contributed by atoms with Crippen LogP contribution in [0, 0.1) is 0 Å². The molecule has 0 saturated heterocycles. The van der Waals surface area contributed by atoms with E-state index < -0.39 is 0 Å². The fraction of sp³-hybridized carbons (Fsp3) is 0.133. The van der Waals surface area contributed by atoms with Gasteiger partial charge in [0.2, 0.25) is 0 Å². The van der Waals surface area contributed by atoms with E-state index in [9.17, 15) is 4.79 Å². The zero-order valence-electron chi connectivity index (χ0n) is 10.5. The minimum atomic E-state index is -0.255. The molecule has 3 aromatic rings. The van der Waals surface area contributed by atoms with E-state index in [1.165, 1.54) is 11.3 Å². The number of rotatable bonds is 3. The van der Waals surface area contributed by atoms with Crippen LogP contribution >= 0.6 is 11.3 Å². The summed E-state index contributed by atoms with van der Waals surface area (Å²) in [5.74, 6) is -0.255. The maximum atomic E-state index is 12.1. The van der Waals surface area contributed by atoms with Gasteiger partial charge in [0.25, 0.3) is 0 Å². The van der Waals surface area contributed by atoms with Crippen LogP contribution in [0.1, 0.15) is 16.6 Å². The Morgan fingerprint density at radius 2 is 2.00 bits per heavy atom. The van der Waals surface area contributed by atoms with Crippen molar-refractivity contribution in [2.24, 2.45) is 0 Å². The molecular weight excluding hydrogens is 258 g/mol. The molecule has 0 aliphatic rings. The molecule has 0 unspecified atom stereocenters.